The van der Waals surface area contributed by atoms with Gasteiger partial charge in [-0.1, -0.05) is 24.3 Å². The van der Waals surface area contributed by atoms with Gasteiger partial charge in [0.25, 0.3) is 10.0 Å². The van der Waals surface area contributed by atoms with Crippen molar-refractivity contribution in [1.29, 1.82) is 0 Å². The number of carbonyl (C=O) groups is 1. The summed E-state index contributed by atoms with van der Waals surface area (Å²) >= 11 is 0. The van der Waals surface area contributed by atoms with Gasteiger partial charge in [0, 0.05) is 0 Å². The minimum atomic E-state index is -4.22. The Hall–Kier alpha value is -2.68. The van der Waals surface area contributed by atoms with Gasteiger partial charge in [0.1, 0.15) is 5.75 Å². The van der Waals surface area contributed by atoms with Crippen molar-refractivity contribution in [3.63, 3.8) is 0 Å². The van der Waals surface area contributed by atoms with Crippen LogP contribution >= 0.6 is 0 Å². The van der Waals surface area contributed by atoms with E-state index in [1.54, 1.807) is 0 Å². The van der Waals surface area contributed by atoms with E-state index in [4.69, 9.17) is 0 Å². The second kappa shape index (κ2) is 6.83. The Bertz CT molecular complexity index is 868. The molecular formula is C15H12F2NO5S-. The molecule has 9 heteroatoms. The fourth-order valence-corrected chi connectivity index (χ4v) is 3.31. The van der Waals surface area contributed by atoms with E-state index < -0.39 is 22.6 Å². The predicted molar refractivity (Wildman–Crippen MR) is 79.4 cm³/mol. The molecule has 0 spiro atoms. The zero-order chi connectivity index (χ0) is 17.9. The van der Waals surface area contributed by atoms with E-state index in [-0.39, 0.29) is 27.5 Å². The number of alkyl halides is 2. The number of aryl methyl sites for hydroxylation is 1. The number of halogens is 2. The molecule has 2 aromatic rings. The number of anilines is 1. The third-order valence-corrected chi connectivity index (χ3v) is 4.57. The summed E-state index contributed by atoms with van der Waals surface area (Å²) < 4.78 is 56.1. The summed E-state index contributed by atoms with van der Waals surface area (Å²) in [6.07, 6.45) is 0. The second-order valence-corrected chi connectivity index (χ2v) is 6.40. The Kier molecular flexibility index (Phi) is 5.03. The molecular weight excluding hydrogens is 344 g/mol. The second-order valence-electron chi connectivity index (χ2n) is 4.75. The van der Waals surface area contributed by atoms with Crippen molar-refractivity contribution in [3.05, 3.63) is 53.6 Å². The molecule has 0 atom stereocenters. The highest BCUT2D eigenvalue weighted by Gasteiger charge is 2.20. The Morgan fingerprint density at radius 1 is 1.21 bits per heavy atom. The molecule has 1 N–H and O–H groups in total. The van der Waals surface area contributed by atoms with Gasteiger partial charge in [-0.15, -0.1) is 0 Å². The molecule has 0 radical (unpaired) electrons. The molecule has 0 saturated carbocycles. The molecule has 6 nitrogen and oxygen atoms in total. The lowest BCUT2D eigenvalue weighted by Crippen LogP contribution is -2.23. The number of carboxylic acids is 1. The molecule has 0 aliphatic heterocycles. The summed E-state index contributed by atoms with van der Waals surface area (Å²) in [5.41, 5.74) is -0.242. The Labute approximate surface area is 136 Å². The summed E-state index contributed by atoms with van der Waals surface area (Å²) in [5.74, 6) is -1.89. The van der Waals surface area contributed by atoms with Crippen molar-refractivity contribution in [2.75, 3.05) is 4.72 Å². The number of nitrogens with one attached hydrogen (secondary N) is 1. The lowest BCUT2D eigenvalue weighted by Gasteiger charge is -2.15. The minimum absolute atomic E-state index is 0.198. The number of aromatic carboxylic acids is 1. The monoisotopic (exact) mass is 356 g/mol. The highest BCUT2D eigenvalue weighted by atomic mass is 32.2. The highest BCUT2D eigenvalue weighted by molar-refractivity contribution is 7.92. The van der Waals surface area contributed by atoms with Crippen molar-refractivity contribution in [1.82, 2.24) is 0 Å². The Morgan fingerprint density at radius 2 is 1.88 bits per heavy atom. The van der Waals surface area contributed by atoms with Crippen molar-refractivity contribution in [2.24, 2.45) is 0 Å². The summed E-state index contributed by atoms with van der Waals surface area (Å²) in [6.45, 7) is -1.66. The summed E-state index contributed by atoms with van der Waals surface area (Å²) in [7, 11) is -4.22. The maximum Gasteiger partial charge on any atom is 0.387 e. The third-order valence-electron chi connectivity index (χ3n) is 3.06. The van der Waals surface area contributed by atoms with E-state index in [0.717, 1.165) is 6.07 Å². The number of hydrogen-bond donors (Lipinski definition) is 1. The topological polar surface area (TPSA) is 95.5 Å². The van der Waals surface area contributed by atoms with Gasteiger partial charge < -0.3 is 14.6 Å². The molecule has 0 bridgehead atoms. The largest absolute Gasteiger partial charge is 0.545 e. The van der Waals surface area contributed by atoms with Gasteiger partial charge in [-0.3, -0.25) is 4.72 Å². The van der Waals surface area contributed by atoms with Crippen LogP contribution in [-0.4, -0.2) is 21.0 Å². The first-order valence-electron chi connectivity index (χ1n) is 6.59. The molecule has 0 heterocycles. The van der Waals surface area contributed by atoms with Crippen LogP contribution in [-0.2, 0) is 10.0 Å². The predicted octanol–water partition coefficient (Wildman–Crippen LogP) is 1.76. The molecule has 0 fully saturated rings. The van der Waals surface area contributed by atoms with E-state index in [0.29, 0.717) is 0 Å². The van der Waals surface area contributed by atoms with E-state index in [2.05, 4.69) is 9.46 Å². The third kappa shape index (κ3) is 3.99. The van der Waals surface area contributed by atoms with Crippen LogP contribution < -0.4 is 14.6 Å². The number of carbonyl (C=O) groups excluding carboxylic acids is 1. The van der Waals surface area contributed by atoms with Crippen molar-refractivity contribution < 1.29 is 31.8 Å². The van der Waals surface area contributed by atoms with Crippen LogP contribution in [0.5, 0.6) is 5.75 Å². The van der Waals surface area contributed by atoms with Gasteiger partial charge in [0.15, 0.2) is 0 Å². The molecule has 128 valence electrons. The number of ether oxygens (including phenoxy) is 1. The van der Waals surface area contributed by atoms with Crippen molar-refractivity contribution in [2.45, 2.75) is 18.4 Å². The normalized spacial score (nSPS) is 11.3. The molecule has 24 heavy (non-hydrogen) atoms. The van der Waals surface area contributed by atoms with Crippen LogP contribution in [0.1, 0.15) is 15.9 Å². The van der Waals surface area contributed by atoms with Gasteiger partial charge in [-0.05, 0) is 36.2 Å². The zero-order valence-electron chi connectivity index (χ0n) is 12.3. The number of para-hydroxylation sites is 2. The molecule has 0 aliphatic carbocycles. The van der Waals surface area contributed by atoms with Crippen LogP contribution in [0, 0.1) is 6.92 Å². The van der Waals surface area contributed by atoms with Crippen molar-refractivity contribution in [3.8, 4) is 5.75 Å². The number of rotatable bonds is 6. The summed E-state index contributed by atoms with van der Waals surface area (Å²) in [4.78, 5) is 10.6. The molecule has 2 aromatic carbocycles. The summed E-state index contributed by atoms with van der Waals surface area (Å²) in [5, 5.41) is 10.9. The van der Waals surface area contributed by atoms with Crippen LogP contribution in [0.25, 0.3) is 0 Å². The zero-order valence-corrected chi connectivity index (χ0v) is 13.1. The SMILES string of the molecule is Cc1ccc(C(=O)[O-])cc1S(=O)(=O)Nc1ccccc1OC(F)F. The average Bonchev–Trinajstić information content (AvgIpc) is 2.48. The van der Waals surface area contributed by atoms with E-state index >= 15 is 0 Å². The van der Waals surface area contributed by atoms with E-state index in [1.165, 1.54) is 43.3 Å². The fraction of sp³-hybridized carbons (Fsp3) is 0.133. The van der Waals surface area contributed by atoms with Crippen LogP contribution in [0.3, 0.4) is 0 Å². The quantitative estimate of drug-likeness (QED) is 0.851. The number of benzene rings is 2. The van der Waals surface area contributed by atoms with Gasteiger partial charge in [-0.25, -0.2) is 8.42 Å². The minimum Gasteiger partial charge on any atom is -0.545 e. The van der Waals surface area contributed by atoms with Gasteiger partial charge in [0.2, 0.25) is 0 Å². The van der Waals surface area contributed by atoms with Crippen LogP contribution in [0.4, 0.5) is 14.5 Å². The fourth-order valence-electron chi connectivity index (χ4n) is 1.97. The lowest BCUT2D eigenvalue weighted by atomic mass is 10.1. The maximum atomic E-state index is 12.5. The first-order valence-corrected chi connectivity index (χ1v) is 8.07. The molecule has 0 saturated heterocycles. The molecule has 0 amide bonds. The van der Waals surface area contributed by atoms with Gasteiger partial charge >= 0.3 is 6.61 Å². The van der Waals surface area contributed by atoms with Crippen LogP contribution in [0.2, 0.25) is 0 Å². The summed E-state index contributed by atoms with van der Waals surface area (Å²) in [6, 6.07) is 8.70. The highest BCUT2D eigenvalue weighted by Crippen LogP contribution is 2.29. The first kappa shape index (κ1) is 17.7. The van der Waals surface area contributed by atoms with E-state index in [1.807, 2.05) is 0 Å². The molecule has 0 aromatic heterocycles. The standard InChI is InChI=1S/C15H13F2NO5S/c1-9-6-7-10(14(19)20)8-13(9)24(21,22)18-11-4-2-3-5-12(11)23-15(16)17/h2-8,15,18H,1H3,(H,19,20)/p-1. The first-order chi connectivity index (χ1) is 11.2. The maximum absolute atomic E-state index is 12.5. The number of carboxylic acid groups (broad SMARTS) is 1. The smallest absolute Gasteiger partial charge is 0.387 e. The van der Waals surface area contributed by atoms with Gasteiger partial charge in [0.05, 0.1) is 16.6 Å². The van der Waals surface area contributed by atoms with Gasteiger partial charge in [-0.2, -0.15) is 8.78 Å². The molecule has 0 unspecified atom stereocenters. The molecule has 0 aliphatic rings. The van der Waals surface area contributed by atoms with Crippen LogP contribution in [0.15, 0.2) is 47.4 Å². The van der Waals surface area contributed by atoms with Crippen molar-refractivity contribution >= 4 is 21.7 Å². The Morgan fingerprint density at radius 3 is 2.50 bits per heavy atom. The molecule has 2 rings (SSSR count). The Balaban J connectivity index is 2.43. The number of hydrogen-bond acceptors (Lipinski definition) is 5. The average molecular weight is 356 g/mol. The van der Waals surface area contributed by atoms with E-state index in [9.17, 15) is 27.1 Å². The number of sulfonamides is 1. The lowest BCUT2D eigenvalue weighted by molar-refractivity contribution is -0.255.